The minimum absolute atomic E-state index is 0.101. The first-order chi connectivity index (χ1) is 14.0. The third-order valence-electron chi connectivity index (χ3n) is 5.17. The van der Waals surface area contributed by atoms with E-state index in [9.17, 15) is 9.59 Å². The average molecular weight is 407 g/mol. The van der Waals surface area contributed by atoms with Gasteiger partial charge in [-0.15, -0.1) is 11.3 Å². The quantitative estimate of drug-likeness (QED) is 0.709. The Balaban J connectivity index is 1.79. The van der Waals surface area contributed by atoms with Crippen LogP contribution in [0, 0.1) is 6.92 Å². The van der Waals surface area contributed by atoms with Gasteiger partial charge in [-0.25, -0.2) is 4.98 Å². The van der Waals surface area contributed by atoms with Crippen LogP contribution in [-0.2, 0) is 4.79 Å². The molecule has 0 unspecified atom stereocenters. The van der Waals surface area contributed by atoms with Gasteiger partial charge in [0.15, 0.2) is 5.13 Å². The molecule has 0 fully saturated rings. The Kier molecular flexibility index (Phi) is 5.07. The van der Waals surface area contributed by atoms with Crippen molar-refractivity contribution in [2.75, 3.05) is 19.5 Å². The van der Waals surface area contributed by atoms with Crippen molar-refractivity contribution in [2.24, 2.45) is 0 Å². The van der Waals surface area contributed by atoms with Gasteiger partial charge in [-0.2, -0.15) is 0 Å². The number of methoxy groups -OCH3 is 1. The molecule has 0 aliphatic carbocycles. The van der Waals surface area contributed by atoms with Crippen LogP contribution < -0.4 is 10.1 Å². The summed E-state index contributed by atoms with van der Waals surface area (Å²) in [5, 5.41) is 5.38. The summed E-state index contributed by atoms with van der Waals surface area (Å²) in [7, 11) is 3.34. The van der Waals surface area contributed by atoms with Crippen LogP contribution in [0.25, 0.3) is 0 Å². The van der Waals surface area contributed by atoms with Crippen LogP contribution in [0.5, 0.6) is 5.75 Å². The molecule has 0 saturated heterocycles. The Hall–Kier alpha value is -3.19. The van der Waals surface area contributed by atoms with Gasteiger partial charge in [0, 0.05) is 18.0 Å². The number of hydrogen-bond donors (Lipinski definition) is 1. The van der Waals surface area contributed by atoms with Gasteiger partial charge in [0.2, 0.25) is 5.91 Å². The van der Waals surface area contributed by atoms with Gasteiger partial charge in [0.1, 0.15) is 5.75 Å². The molecule has 4 rings (SSSR count). The van der Waals surface area contributed by atoms with E-state index in [1.807, 2.05) is 54.8 Å². The Morgan fingerprint density at radius 2 is 1.90 bits per heavy atom. The van der Waals surface area contributed by atoms with E-state index in [1.165, 1.54) is 11.3 Å². The highest BCUT2D eigenvalue weighted by atomic mass is 32.1. The fraction of sp³-hybridized carbons (Fsp3) is 0.227. The van der Waals surface area contributed by atoms with Crippen molar-refractivity contribution >= 4 is 28.3 Å². The van der Waals surface area contributed by atoms with Crippen LogP contribution in [-0.4, -0.2) is 35.9 Å². The van der Waals surface area contributed by atoms with Crippen LogP contribution >= 0.6 is 11.3 Å². The molecule has 1 N–H and O–H groups in total. The number of hydrogen-bond acceptors (Lipinski definition) is 5. The van der Waals surface area contributed by atoms with Crippen molar-refractivity contribution in [2.45, 2.75) is 18.9 Å². The number of fused-ring (bicyclic) bond motifs is 1. The minimum atomic E-state index is -0.563. The smallest absolute Gasteiger partial charge is 0.254 e. The second kappa shape index (κ2) is 7.67. The molecular formula is C22H21N3O3S. The van der Waals surface area contributed by atoms with Crippen LogP contribution in [0.1, 0.15) is 39.1 Å². The van der Waals surface area contributed by atoms with Crippen LogP contribution in [0.3, 0.4) is 0 Å². The van der Waals surface area contributed by atoms with Crippen molar-refractivity contribution < 1.29 is 14.3 Å². The van der Waals surface area contributed by atoms with E-state index < -0.39 is 12.0 Å². The predicted molar refractivity (Wildman–Crippen MR) is 112 cm³/mol. The Bertz CT molecular complexity index is 1060. The summed E-state index contributed by atoms with van der Waals surface area (Å²) in [6.45, 7) is 1.88. The summed E-state index contributed by atoms with van der Waals surface area (Å²) in [4.78, 5) is 32.4. The van der Waals surface area contributed by atoms with E-state index >= 15 is 0 Å². The number of benzene rings is 2. The first kappa shape index (κ1) is 19.1. The molecule has 2 amide bonds. The molecular weight excluding hydrogens is 386 g/mol. The zero-order valence-corrected chi connectivity index (χ0v) is 17.2. The van der Waals surface area contributed by atoms with E-state index in [4.69, 9.17) is 4.74 Å². The van der Waals surface area contributed by atoms with E-state index in [2.05, 4.69) is 10.3 Å². The summed E-state index contributed by atoms with van der Waals surface area (Å²) in [5.74, 6) is -0.132. The number of thiazole rings is 1. The monoisotopic (exact) mass is 407 g/mol. The lowest BCUT2D eigenvalue weighted by molar-refractivity contribution is -0.119. The second-order valence-electron chi connectivity index (χ2n) is 6.98. The Morgan fingerprint density at radius 1 is 1.17 bits per heavy atom. The maximum absolute atomic E-state index is 13.4. The number of nitrogens with zero attached hydrogens (tertiary/aromatic N) is 2. The van der Waals surface area contributed by atoms with Gasteiger partial charge in [-0.05, 0) is 36.2 Å². The van der Waals surface area contributed by atoms with Crippen molar-refractivity contribution in [1.29, 1.82) is 0 Å². The summed E-state index contributed by atoms with van der Waals surface area (Å²) < 4.78 is 5.25. The molecule has 0 spiro atoms. The van der Waals surface area contributed by atoms with Gasteiger partial charge < -0.3 is 15.0 Å². The number of carbonyl (C=O) groups excluding carboxylic acids is 2. The largest absolute Gasteiger partial charge is 0.497 e. The van der Waals surface area contributed by atoms with Gasteiger partial charge in [-0.3, -0.25) is 9.59 Å². The third-order valence-corrected chi connectivity index (χ3v) is 6.04. The molecule has 0 radical (unpaired) electrons. The lowest BCUT2D eigenvalue weighted by Gasteiger charge is -2.39. The third kappa shape index (κ3) is 3.49. The number of carbonyl (C=O) groups is 2. The maximum atomic E-state index is 13.4. The number of anilines is 1. The molecule has 148 valence electrons. The SMILES string of the molecule is COc1ccc([C@H]2[C@@H](C(=O)Nc3nc(C)cs3)c3ccccc3C(=O)N2C)cc1. The molecule has 3 aromatic rings. The highest BCUT2D eigenvalue weighted by molar-refractivity contribution is 7.13. The van der Waals surface area contributed by atoms with Crippen molar-refractivity contribution in [3.8, 4) is 5.75 Å². The van der Waals surface area contributed by atoms with Crippen molar-refractivity contribution in [3.05, 3.63) is 76.3 Å². The van der Waals surface area contributed by atoms with Gasteiger partial charge in [0.25, 0.3) is 5.91 Å². The lowest BCUT2D eigenvalue weighted by Crippen LogP contribution is -2.44. The van der Waals surface area contributed by atoms with E-state index in [0.717, 1.165) is 22.6 Å². The molecule has 0 saturated carbocycles. The molecule has 6 nitrogen and oxygen atoms in total. The Morgan fingerprint density at radius 3 is 2.55 bits per heavy atom. The molecule has 2 atom stereocenters. The molecule has 29 heavy (non-hydrogen) atoms. The topological polar surface area (TPSA) is 71.5 Å². The van der Waals surface area contributed by atoms with Gasteiger partial charge >= 0.3 is 0 Å². The number of nitrogens with one attached hydrogen (secondary N) is 1. The highest BCUT2D eigenvalue weighted by Crippen LogP contribution is 2.42. The Labute approximate surface area is 173 Å². The minimum Gasteiger partial charge on any atom is -0.497 e. The highest BCUT2D eigenvalue weighted by Gasteiger charge is 2.42. The molecule has 1 aliphatic heterocycles. The standard InChI is InChI=1S/C22H21N3O3S/c1-13-12-29-22(23-13)24-20(26)18-16-6-4-5-7-17(16)21(27)25(2)19(18)14-8-10-15(28-3)11-9-14/h4-12,18-19H,1-3H3,(H,23,24,26)/t18-,19-/m0/s1. The maximum Gasteiger partial charge on any atom is 0.254 e. The number of aromatic nitrogens is 1. The number of ether oxygens (including phenoxy) is 1. The zero-order chi connectivity index (χ0) is 20.5. The van der Waals surface area contributed by atoms with Crippen molar-refractivity contribution in [1.82, 2.24) is 9.88 Å². The van der Waals surface area contributed by atoms with Gasteiger partial charge in [-0.1, -0.05) is 30.3 Å². The molecule has 1 aromatic heterocycles. The van der Waals surface area contributed by atoms with Crippen molar-refractivity contribution in [3.63, 3.8) is 0 Å². The summed E-state index contributed by atoms with van der Waals surface area (Å²) in [5.41, 5.74) is 3.00. The van der Waals surface area contributed by atoms with E-state index in [0.29, 0.717) is 10.7 Å². The first-order valence-corrected chi connectivity index (χ1v) is 10.1. The molecule has 2 heterocycles. The van der Waals surface area contributed by atoms with E-state index in [1.54, 1.807) is 25.1 Å². The van der Waals surface area contributed by atoms with Crippen LogP contribution in [0.4, 0.5) is 5.13 Å². The predicted octanol–water partition coefficient (Wildman–Crippen LogP) is 4.01. The molecule has 7 heteroatoms. The van der Waals surface area contributed by atoms with E-state index in [-0.39, 0.29) is 11.8 Å². The van der Waals surface area contributed by atoms with Crippen LogP contribution in [0.15, 0.2) is 53.9 Å². The second-order valence-corrected chi connectivity index (χ2v) is 7.84. The molecule has 1 aliphatic rings. The average Bonchev–Trinajstić information content (AvgIpc) is 3.15. The number of likely N-dealkylation sites (N-methyl/N-ethyl adjacent to an activating group) is 1. The fourth-order valence-electron chi connectivity index (χ4n) is 3.77. The number of aryl methyl sites for hydroxylation is 1. The lowest BCUT2D eigenvalue weighted by atomic mass is 9.79. The summed E-state index contributed by atoms with van der Waals surface area (Å²) in [6.07, 6.45) is 0. The summed E-state index contributed by atoms with van der Waals surface area (Å²) in [6, 6.07) is 14.3. The van der Waals surface area contributed by atoms with Crippen LogP contribution in [0.2, 0.25) is 0 Å². The zero-order valence-electron chi connectivity index (χ0n) is 16.4. The number of rotatable bonds is 4. The fourth-order valence-corrected chi connectivity index (χ4v) is 4.46. The normalized spacial score (nSPS) is 18.3. The van der Waals surface area contributed by atoms with Gasteiger partial charge in [0.05, 0.1) is 24.8 Å². The summed E-state index contributed by atoms with van der Waals surface area (Å²) >= 11 is 1.39. The number of amides is 2. The molecule has 0 bridgehead atoms. The first-order valence-electron chi connectivity index (χ1n) is 9.22. The molecule has 2 aromatic carbocycles.